The number of H-pyrrole nitrogens is 1. The van der Waals surface area contributed by atoms with Gasteiger partial charge in [0.25, 0.3) is 0 Å². The average Bonchev–Trinajstić information content (AvgIpc) is 3.36. The largest absolute Gasteiger partial charge is 0.345 e. The van der Waals surface area contributed by atoms with Gasteiger partial charge in [-0.2, -0.15) is 5.10 Å². The molecule has 0 unspecified atom stereocenters. The Kier molecular flexibility index (Phi) is 5.28. The first kappa shape index (κ1) is 18.4. The van der Waals surface area contributed by atoms with Gasteiger partial charge in [0.2, 0.25) is 11.9 Å². The summed E-state index contributed by atoms with van der Waals surface area (Å²) in [4.78, 5) is 16.6. The minimum absolute atomic E-state index is 0.0847. The number of aromatic nitrogens is 6. The number of para-hydroxylation sites is 1. The highest BCUT2D eigenvalue weighted by molar-refractivity contribution is 5.93. The van der Waals surface area contributed by atoms with Crippen molar-refractivity contribution in [1.82, 2.24) is 29.9 Å². The van der Waals surface area contributed by atoms with E-state index >= 15 is 0 Å². The van der Waals surface area contributed by atoms with Gasteiger partial charge in [-0.15, -0.1) is 10.2 Å². The Morgan fingerprint density at radius 2 is 1.76 bits per heavy atom. The van der Waals surface area contributed by atoms with E-state index in [0.29, 0.717) is 29.8 Å². The molecule has 0 fully saturated rings. The van der Waals surface area contributed by atoms with Gasteiger partial charge in [-0.05, 0) is 12.1 Å². The quantitative estimate of drug-likeness (QED) is 0.447. The van der Waals surface area contributed by atoms with Gasteiger partial charge in [0.1, 0.15) is 11.6 Å². The number of carbonyl (C=O) groups excluding carboxylic acids is 1. The number of carbonyl (C=O) groups is 1. The zero-order valence-corrected chi connectivity index (χ0v) is 15.8. The number of nitrogens with zero attached hydrogens (tertiary/aromatic N) is 5. The molecule has 1 amide bonds. The third-order valence-electron chi connectivity index (χ3n) is 4.32. The van der Waals surface area contributed by atoms with Crippen molar-refractivity contribution in [2.75, 3.05) is 17.2 Å². The van der Waals surface area contributed by atoms with Crippen molar-refractivity contribution in [2.45, 2.75) is 6.42 Å². The smallest absolute Gasteiger partial charge is 0.243 e. The second-order valence-corrected chi connectivity index (χ2v) is 6.42. The van der Waals surface area contributed by atoms with E-state index in [1.807, 2.05) is 67.7 Å². The van der Waals surface area contributed by atoms with Crippen molar-refractivity contribution in [3.63, 3.8) is 0 Å². The molecule has 3 N–H and O–H groups in total. The summed E-state index contributed by atoms with van der Waals surface area (Å²) in [6.45, 7) is 0.0847. The van der Waals surface area contributed by atoms with Crippen LogP contribution in [0, 0.1) is 0 Å². The molecule has 29 heavy (non-hydrogen) atoms. The highest BCUT2D eigenvalue weighted by atomic mass is 16.1. The number of anilines is 2. The minimum Gasteiger partial charge on any atom is -0.345 e. The lowest BCUT2D eigenvalue weighted by Crippen LogP contribution is -2.23. The molecule has 2 aromatic heterocycles. The lowest BCUT2D eigenvalue weighted by Gasteiger charge is -2.07. The molecular formula is C20H20N8O. The number of nitrogens with one attached hydrogen (secondary N) is 3. The standard InChI is InChI=1S/C20H20N8O/c1-28-17(12-16-23-19(26-24-16)14-8-4-2-5-9-14)25-27-20(28)21-13-18(29)22-15-10-6-3-7-11-15/h2-11H,12-13H2,1H3,(H,21,27)(H,22,29)(H,23,24,26). The van der Waals surface area contributed by atoms with E-state index < -0.39 is 0 Å². The average molecular weight is 388 g/mol. The lowest BCUT2D eigenvalue weighted by molar-refractivity contribution is -0.114. The van der Waals surface area contributed by atoms with Crippen molar-refractivity contribution >= 4 is 17.5 Å². The summed E-state index contributed by atoms with van der Waals surface area (Å²) < 4.78 is 1.79. The van der Waals surface area contributed by atoms with Gasteiger partial charge in [0, 0.05) is 18.3 Å². The van der Waals surface area contributed by atoms with Crippen molar-refractivity contribution < 1.29 is 4.79 Å². The minimum atomic E-state index is -0.163. The Labute approximate surface area is 167 Å². The number of amides is 1. The molecule has 9 nitrogen and oxygen atoms in total. The first-order valence-electron chi connectivity index (χ1n) is 9.13. The van der Waals surface area contributed by atoms with Crippen LogP contribution in [0.3, 0.4) is 0 Å². The topological polar surface area (TPSA) is 113 Å². The molecule has 146 valence electrons. The first-order valence-corrected chi connectivity index (χ1v) is 9.13. The van der Waals surface area contributed by atoms with E-state index in [0.717, 1.165) is 11.3 Å². The molecule has 0 radical (unpaired) electrons. The van der Waals surface area contributed by atoms with Crippen LogP contribution in [-0.4, -0.2) is 42.4 Å². The molecule has 0 saturated carbocycles. The van der Waals surface area contributed by atoms with Crippen LogP contribution in [0.15, 0.2) is 60.7 Å². The van der Waals surface area contributed by atoms with Crippen LogP contribution in [0.5, 0.6) is 0 Å². The third kappa shape index (κ3) is 4.46. The first-order chi connectivity index (χ1) is 14.2. The van der Waals surface area contributed by atoms with Gasteiger partial charge in [-0.3, -0.25) is 9.89 Å². The predicted octanol–water partition coefficient (Wildman–Crippen LogP) is 2.24. The summed E-state index contributed by atoms with van der Waals surface area (Å²) >= 11 is 0. The molecule has 0 saturated heterocycles. The van der Waals surface area contributed by atoms with Crippen LogP contribution in [-0.2, 0) is 18.3 Å². The van der Waals surface area contributed by atoms with Crippen molar-refractivity contribution in [3.05, 3.63) is 72.3 Å². The van der Waals surface area contributed by atoms with Crippen LogP contribution in [0.4, 0.5) is 11.6 Å². The normalized spacial score (nSPS) is 10.7. The van der Waals surface area contributed by atoms with Crippen LogP contribution >= 0.6 is 0 Å². The van der Waals surface area contributed by atoms with Gasteiger partial charge in [-0.25, -0.2) is 4.98 Å². The summed E-state index contributed by atoms with van der Waals surface area (Å²) in [5.41, 5.74) is 1.69. The number of hydrogen-bond acceptors (Lipinski definition) is 6. The molecular weight excluding hydrogens is 368 g/mol. The molecule has 0 aliphatic carbocycles. The van der Waals surface area contributed by atoms with Gasteiger partial charge >= 0.3 is 0 Å². The Morgan fingerprint density at radius 1 is 1.03 bits per heavy atom. The molecule has 0 atom stereocenters. The van der Waals surface area contributed by atoms with Crippen LogP contribution < -0.4 is 10.6 Å². The summed E-state index contributed by atoms with van der Waals surface area (Å²) in [6.07, 6.45) is 0.446. The zero-order valence-electron chi connectivity index (χ0n) is 15.8. The summed E-state index contributed by atoms with van der Waals surface area (Å²) in [6, 6.07) is 19.0. The molecule has 2 heterocycles. The van der Waals surface area contributed by atoms with E-state index in [4.69, 9.17) is 0 Å². The maximum Gasteiger partial charge on any atom is 0.243 e. The van der Waals surface area contributed by atoms with Gasteiger partial charge in [-0.1, -0.05) is 48.5 Å². The summed E-state index contributed by atoms with van der Waals surface area (Å²) in [5.74, 6) is 2.37. The van der Waals surface area contributed by atoms with Crippen molar-refractivity contribution in [2.24, 2.45) is 7.05 Å². The Morgan fingerprint density at radius 3 is 2.52 bits per heavy atom. The molecule has 4 rings (SSSR count). The fourth-order valence-electron chi connectivity index (χ4n) is 2.80. The molecule has 0 aliphatic rings. The summed E-state index contributed by atoms with van der Waals surface area (Å²) in [7, 11) is 1.83. The number of rotatable bonds is 7. The monoisotopic (exact) mass is 388 g/mol. The lowest BCUT2D eigenvalue weighted by atomic mass is 10.2. The third-order valence-corrected chi connectivity index (χ3v) is 4.32. The van der Waals surface area contributed by atoms with E-state index in [-0.39, 0.29) is 12.5 Å². The number of aromatic amines is 1. The predicted molar refractivity (Wildman–Crippen MR) is 109 cm³/mol. The summed E-state index contributed by atoms with van der Waals surface area (Å²) in [5, 5.41) is 21.3. The van der Waals surface area contributed by atoms with Crippen LogP contribution in [0.1, 0.15) is 11.6 Å². The van der Waals surface area contributed by atoms with Gasteiger partial charge in [0.05, 0.1) is 13.0 Å². The Hall–Kier alpha value is -4.01. The maximum atomic E-state index is 12.1. The number of hydrogen-bond donors (Lipinski definition) is 3. The van der Waals surface area contributed by atoms with E-state index in [1.54, 1.807) is 4.57 Å². The maximum absolute atomic E-state index is 12.1. The van der Waals surface area contributed by atoms with Crippen molar-refractivity contribution in [1.29, 1.82) is 0 Å². The molecule has 0 spiro atoms. The fourth-order valence-corrected chi connectivity index (χ4v) is 2.80. The van der Waals surface area contributed by atoms with Gasteiger partial charge < -0.3 is 15.2 Å². The van der Waals surface area contributed by atoms with Gasteiger partial charge in [0.15, 0.2) is 5.82 Å². The molecule has 9 heteroatoms. The van der Waals surface area contributed by atoms with Crippen LogP contribution in [0.25, 0.3) is 11.4 Å². The number of benzene rings is 2. The second-order valence-electron chi connectivity index (χ2n) is 6.42. The fraction of sp³-hybridized carbons (Fsp3) is 0.150. The molecule has 4 aromatic rings. The Balaban J connectivity index is 1.36. The molecule has 0 bridgehead atoms. The Bertz CT molecular complexity index is 1090. The van der Waals surface area contributed by atoms with Crippen LogP contribution in [0.2, 0.25) is 0 Å². The molecule has 0 aliphatic heterocycles. The SMILES string of the molecule is Cn1c(Cc2nc(-c3ccccc3)n[nH]2)nnc1NCC(=O)Nc1ccccc1. The molecule has 2 aromatic carbocycles. The highest BCUT2D eigenvalue weighted by Crippen LogP contribution is 2.15. The highest BCUT2D eigenvalue weighted by Gasteiger charge is 2.13. The zero-order chi connectivity index (χ0) is 20.1. The van der Waals surface area contributed by atoms with E-state index in [1.165, 1.54) is 0 Å². The van der Waals surface area contributed by atoms with Crippen molar-refractivity contribution in [3.8, 4) is 11.4 Å². The van der Waals surface area contributed by atoms with E-state index in [9.17, 15) is 4.79 Å². The second kappa shape index (κ2) is 8.34. The van der Waals surface area contributed by atoms with E-state index in [2.05, 4.69) is 36.0 Å².